The van der Waals surface area contributed by atoms with Gasteiger partial charge in [-0.3, -0.25) is 4.79 Å². The van der Waals surface area contributed by atoms with Crippen LogP contribution in [-0.2, 0) is 0 Å². The van der Waals surface area contributed by atoms with Gasteiger partial charge in [-0.15, -0.1) is 0 Å². The smallest absolute Gasteiger partial charge is 0.255 e. The van der Waals surface area contributed by atoms with E-state index in [2.05, 4.69) is 5.32 Å². The number of nitrogens with two attached hydrogens (primary N) is 1. The van der Waals surface area contributed by atoms with Crippen LogP contribution in [0.2, 0.25) is 0 Å². The summed E-state index contributed by atoms with van der Waals surface area (Å²) in [5.74, 6) is 0.491. The number of carbonyl (C=O) groups is 1. The molecule has 0 spiro atoms. The molecule has 0 unspecified atom stereocenters. The maximum atomic E-state index is 11.8. The molecule has 1 fully saturated rings. The number of phenolic OH excluding ortho intramolecular Hbond substituents is 1. The Labute approximate surface area is 101 Å². The number of nitrogen functional groups attached to an aromatic ring is 1. The van der Waals surface area contributed by atoms with Gasteiger partial charge in [-0.1, -0.05) is 18.9 Å². The third kappa shape index (κ3) is 3.12. The number of nitrogens with one attached hydrogen (secondary N) is 1. The van der Waals surface area contributed by atoms with Crippen LogP contribution in [0, 0.1) is 5.92 Å². The van der Waals surface area contributed by atoms with Crippen molar-refractivity contribution in [2.45, 2.75) is 25.7 Å². The Morgan fingerprint density at radius 3 is 2.94 bits per heavy atom. The fourth-order valence-corrected chi connectivity index (χ4v) is 1.84. The number of benzene rings is 1. The van der Waals surface area contributed by atoms with Crippen LogP contribution in [0.4, 0.5) is 5.69 Å². The zero-order valence-electron chi connectivity index (χ0n) is 9.78. The molecule has 0 aromatic heterocycles. The van der Waals surface area contributed by atoms with Crippen LogP contribution in [0.5, 0.6) is 5.75 Å². The highest BCUT2D eigenvalue weighted by atomic mass is 16.3. The lowest BCUT2D eigenvalue weighted by atomic mass is 10.1. The summed E-state index contributed by atoms with van der Waals surface area (Å²) in [5, 5.41) is 12.4. The Balaban J connectivity index is 1.83. The molecule has 4 heteroatoms. The van der Waals surface area contributed by atoms with Crippen LogP contribution in [-0.4, -0.2) is 17.6 Å². The molecule has 17 heavy (non-hydrogen) atoms. The summed E-state index contributed by atoms with van der Waals surface area (Å²) in [7, 11) is 0. The summed E-state index contributed by atoms with van der Waals surface area (Å²) in [6.45, 7) is 0.656. The van der Waals surface area contributed by atoms with Gasteiger partial charge in [-0.2, -0.15) is 0 Å². The summed E-state index contributed by atoms with van der Waals surface area (Å²) in [6.07, 6.45) is 4.86. The third-order valence-corrected chi connectivity index (χ3v) is 3.08. The number of aromatic hydroxyl groups is 1. The van der Waals surface area contributed by atoms with Crippen molar-refractivity contribution >= 4 is 11.6 Å². The molecule has 4 nitrogen and oxygen atoms in total. The molecule has 2 rings (SSSR count). The van der Waals surface area contributed by atoms with Crippen LogP contribution >= 0.6 is 0 Å². The van der Waals surface area contributed by atoms with Gasteiger partial charge in [0.2, 0.25) is 0 Å². The predicted molar refractivity (Wildman–Crippen MR) is 66.8 cm³/mol. The molecular weight excluding hydrogens is 216 g/mol. The van der Waals surface area contributed by atoms with E-state index in [-0.39, 0.29) is 22.9 Å². The van der Waals surface area contributed by atoms with Crippen LogP contribution < -0.4 is 11.1 Å². The minimum absolute atomic E-state index is 0.132. The zero-order valence-corrected chi connectivity index (χ0v) is 9.78. The highest BCUT2D eigenvalue weighted by molar-refractivity contribution is 5.98. The number of amides is 1. The molecule has 1 aromatic carbocycles. The van der Waals surface area contributed by atoms with Gasteiger partial charge in [0.15, 0.2) is 5.75 Å². The number of rotatable bonds is 5. The van der Waals surface area contributed by atoms with Crippen molar-refractivity contribution in [1.29, 1.82) is 0 Å². The predicted octanol–water partition coefficient (Wildman–Crippen LogP) is 1.89. The maximum Gasteiger partial charge on any atom is 0.255 e. The first-order valence-electron chi connectivity index (χ1n) is 6.04. The molecule has 4 N–H and O–H groups in total. The Hall–Kier alpha value is -1.71. The third-order valence-electron chi connectivity index (χ3n) is 3.08. The lowest BCUT2D eigenvalue weighted by Gasteiger charge is -2.07. The van der Waals surface area contributed by atoms with Crippen molar-refractivity contribution in [3.05, 3.63) is 23.8 Å². The standard InChI is InChI=1S/C13H18N2O2/c14-11-5-1-4-10(12(11)16)13(17)15-8-2-3-9-6-7-9/h1,4-5,9,16H,2-3,6-8,14H2,(H,15,17). The minimum atomic E-state index is -0.259. The van der Waals surface area contributed by atoms with Crippen LogP contribution in [0.25, 0.3) is 0 Å². The molecule has 0 heterocycles. The molecule has 0 radical (unpaired) electrons. The van der Waals surface area contributed by atoms with Crippen molar-refractivity contribution in [3.63, 3.8) is 0 Å². The Morgan fingerprint density at radius 1 is 1.47 bits per heavy atom. The van der Waals surface area contributed by atoms with E-state index < -0.39 is 0 Å². The maximum absolute atomic E-state index is 11.8. The second-order valence-electron chi connectivity index (χ2n) is 4.58. The first-order valence-corrected chi connectivity index (χ1v) is 6.04. The molecule has 1 aromatic rings. The van der Waals surface area contributed by atoms with Crippen LogP contribution in [0.1, 0.15) is 36.0 Å². The Kier molecular flexibility index (Phi) is 3.52. The number of carbonyl (C=O) groups excluding carboxylic acids is 1. The van der Waals surface area contributed by atoms with Gasteiger partial charge in [0, 0.05) is 6.54 Å². The molecule has 0 bridgehead atoms. The van der Waals surface area contributed by atoms with Gasteiger partial charge >= 0.3 is 0 Å². The second-order valence-corrected chi connectivity index (χ2v) is 4.58. The SMILES string of the molecule is Nc1cccc(C(=O)NCCCC2CC2)c1O. The van der Waals surface area contributed by atoms with Gasteiger partial charge in [0.05, 0.1) is 11.3 Å². The summed E-state index contributed by atoms with van der Waals surface area (Å²) in [6, 6.07) is 4.80. The van der Waals surface area contributed by atoms with Crippen molar-refractivity contribution in [2.75, 3.05) is 12.3 Å². The first kappa shape index (κ1) is 11.8. The zero-order chi connectivity index (χ0) is 12.3. The molecule has 0 atom stereocenters. The number of hydrogen-bond donors (Lipinski definition) is 3. The average Bonchev–Trinajstić information content (AvgIpc) is 3.12. The fourth-order valence-electron chi connectivity index (χ4n) is 1.84. The van der Waals surface area contributed by atoms with Crippen molar-refractivity contribution in [2.24, 2.45) is 5.92 Å². The molecule has 1 saturated carbocycles. The van der Waals surface area contributed by atoms with Crippen LogP contribution in [0.3, 0.4) is 0 Å². The van der Waals surface area contributed by atoms with Crippen molar-refractivity contribution < 1.29 is 9.90 Å². The number of anilines is 1. The van der Waals surface area contributed by atoms with E-state index in [1.807, 2.05) is 0 Å². The Bertz CT molecular complexity index is 414. The lowest BCUT2D eigenvalue weighted by molar-refractivity contribution is 0.0950. The van der Waals surface area contributed by atoms with Gasteiger partial charge in [-0.25, -0.2) is 0 Å². The van der Waals surface area contributed by atoms with E-state index in [0.717, 1.165) is 12.3 Å². The molecular formula is C13H18N2O2. The van der Waals surface area contributed by atoms with E-state index in [1.165, 1.54) is 19.3 Å². The van der Waals surface area contributed by atoms with Crippen molar-refractivity contribution in [1.82, 2.24) is 5.32 Å². The topological polar surface area (TPSA) is 75.4 Å². The monoisotopic (exact) mass is 234 g/mol. The summed E-state index contributed by atoms with van der Waals surface area (Å²) >= 11 is 0. The molecule has 92 valence electrons. The molecule has 0 aliphatic heterocycles. The summed E-state index contributed by atoms with van der Waals surface area (Å²) in [5.41, 5.74) is 6.01. The summed E-state index contributed by atoms with van der Waals surface area (Å²) < 4.78 is 0. The normalized spacial score (nSPS) is 14.6. The quantitative estimate of drug-likeness (QED) is 0.414. The van der Waals surface area contributed by atoms with E-state index in [9.17, 15) is 9.90 Å². The van der Waals surface area contributed by atoms with Gasteiger partial charge in [0.25, 0.3) is 5.91 Å². The molecule has 1 aliphatic rings. The highest BCUT2D eigenvalue weighted by Gasteiger charge is 2.20. The van der Waals surface area contributed by atoms with E-state index >= 15 is 0 Å². The largest absolute Gasteiger partial charge is 0.505 e. The van der Waals surface area contributed by atoms with E-state index in [0.29, 0.717) is 6.54 Å². The molecule has 1 amide bonds. The number of phenols is 1. The van der Waals surface area contributed by atoms with Gasteiger partial charge < -0.3 is 16.2 Å². The lowest BCUT2D eigenvalue weighted by Crippen LogP contribution is -2.24. The van der Waals surface area contributed by atoms with Crippen LogP contribution in [0.15, 0.2) is 18.2 Å². The Morgan fingerprint density at radius 2 is 2.24 bits per heavy atom. The number of para-hydroxylation sites is 1. The summed E-state index contributed by atoms with van der Waals surface area (Å²) in [4.78, 5) is 11.8. The molecule has 1 aliphatic carbocycles. The first-order chi connectivity index (χ1) is 8.18. The highest BCUT2D eigenvalue weighted by Crippen LogP contribution is 2.33. The average molecular weight is 234 g/mol. The molecule has 0 saturated heterocycles. The van der Waals surface area contributed by atoms with Gasteiger partial charge in [-0.05, 0) is 30.9 Å². The van der Waals surface area contributed by atoms with Gasteiger partial charge in [0.1, 0.15) is 0 Å². The second kappa shape index (κ2) is 5.08. The van der Waals surface area contributed by atoms with E-state index in [1.54, 1.807) is 18.2 Å². The fraction of sp³-hybridized carbons (Fsp3) is 0.462. The minimum Gasteiger partial charge on any atom is -0.505 e. The van der Waals surface area contributed by atoms with Crippen molar-refractivity contribution in [3.8, 4) is 5.75 Å². The van der Waals surface area contributed by atoms with E-state index in [4.69, 9.17) is 5.73 Å². The number of hydrogen-bond acceptors (Lipinski definition) is 3.